The fraction of sp³-hybridized carbons (Fsp3) is 0.350. The van der Waals surface area contributed by atoms with Crippen LogP contribution in [0.25, 0.3) is 0 Å². The van der Waals surface area contributed by atoms with Crippen molar-refractivity contribution in [3.8, 4) is 0 Å². The Morgan fingerprint density at radius 1 is 1.19 bits per heavy atom. The third-order valence-corrected chi connectivity index (χ3v) is 5.08. The molecular formula is C20H21N3O4. The highest BCUT2D eigenvalue weighted by atomic mass is 16.5. The summed E-state index contributed by atoms with van der Waals surface area (Å²) in [6, 6.07) is 10.4. The van der Waals surface area contributed by atoms with Gasteiger partial charge in [0.2, 0.25) is 0 Å². The molecule has 0 bridgehead atoms. The molecule has 2 aliphatic rings. The van der Waals surface area contributed by atoms with Crippen molar-refractivity contribution in [1.29, 1.82) is 0 Å². The summed E-state index contributed by atoms with van der Waals surface area (Å²) in [5.74, 6) is -0.783. The molecule has 1 amide bonds. The second kappa shape index (κ2) is 7.19. The number of para-hydroxylation sites is 1. The van der Waals surface area contributed by atoms with Gasteiger partial charge in [-0.2, -0.15) is 0 Å². The van der Waals surface area contributed by atoms with Crippen molar-refractivity contribution in [2.75, 3.05) is 37.9 Å². The van der Waals surface area contributed by atoms with Gasteiger partial charge in [-0.05, 0) is 18.2 Å². The van der Waals surface area contributed by atoms with Crippen LogP contribution < -0.4 is 4.90 Å². The van der Waals surface area contributed by atoms with Crippen molar-refractivity contribution < 1.29 is 19.4 Å². The van der Waals surface area contributed by atoms with Crippen LogP contribution in [-0.2, 0) is 15.1 Å². The van der Waals surface area contributed by atoms with Gasteiger partial charge in [0.1, 0.15) is 0 Å². The van der Waals surface area contributed by atoms with E-state index in [4.69, 9.17) is 4.74 Å². The molecule has 1 aromatic heterocycles. The molecule has 1 fully saturated rings. The van der Waals surface area contributed by atoms with Gasteiger partial charge in [0.15, 0.2) is 11.4 Å². The fourth-order valence-electron chi connectivity index (χ4n) is 3.62. The maximum absolute atomic E-state index is 13.2. The van der Waals surface area contributed by atoms with Gasteiger partial charge < -0.3 is 9.84 Å². The van der Waals surface area contributed by atoms with Gasteiger partial charge in [-0.25, -0.2) is 0 Å². The van der Waals surface area contributed by atoms with E-state index in [0.717, 1.165) is 13.1 Å². The monoisotopic (exact) mass is 367 g/mol. The Hall–Kier alpha value is -2.61. The Labute approximate surface area is 157 Å². The maximum atomic E-state index is 13.2. The molecule has 0 spiro atoms. The number of fused-ring (bicyclic) bond motifs is 1. The molecule has 0 aliphatic carbocycles. The number of carbonyl (C=O) groups is 2. The van der Waals surface area contributed by atoms with Crippen molar-refractivity contribution in [2.24, 2.45) is 0 Å². The number of pyridine rings is 1. The van der Waals surface area contributed by atoms with E-state index in [9.17, 15) is 14.7 Å². The van der Waals surface area contributed by atoms with Crippen LogP contribution in [0, 0.1) is 0 Å². The first-order chi connectivity index (χ1) is 13.1. The van der Waals surface area contributed by atoms with E-state index in [1.54, 1.807) is 41.4 Å². The quantitative estimate of drug-likeness (QED) is 0.799. The molecule has 7 nitrogen and oxygen atoms in total. The molecule has 1 saturated heterocycles. The maximum Gasteiger partial charge on any atom is 0.265 e. The number of aliphatic hydroxyl groups is 1. The summed E-state index contributed by atoms with van der Waals surface area (Å²) < 4.78 is 5.36. The molecule has 0 radical (unpaired) electrons. The number of ketones is 1. The average molecular weight is 367 g/mol. The Kier molecular flexibility index (Phi) is 4.73. The topological polar surface area (TPSA) is 83.0 Å². The number of rotatable bonds is 5. The second-order valence-corrected chi connectivity index (χ2v) is 6.82. The largest absolute Gasteiger partial charge is 0.379 e. The first-order valence-corrected chi connectivity index (χ1v) is 8.97. The molecule has 1 aromatic carbocycles. The molecule has 1 N–H and O–H groups in total. The van der Waals surface area contributed by atoms with E-state index in [-0.39, 0.29) is 12.2 Å². The summed E-state index contributed by atoms with van der Waals surface area (Å²) in [5, 5.41) is 11.3. The first kappa shape index (κ1) is 17.8. The highest BCUT2D eigenvalue weighted by Crippen LogP contribution is 2.42. The Balaban J connectivity index is 1.62. The zero-order valence-corrected chi connectivity index (χ0v) is 14.9. The lowest BCUT2D eigenvalue weighted by Crippen LogP contribution is -2.49. The fourth-order valence-corrected chi connectivity index (χ4v) is 3.62. The van der Waals surface area contributed by atoms with Crippen molar-refractivity contribution >= 4 is 17.4 Å². The van der Waals surface area contributed by atoms with Crippen LogP contribution in [0.1, 0.15) is 22.3 Å². The van der Waals surface area contributed by atoms with Gasteiger partial charge in [-0.1, -0.05) is 18.2 Å². The van der Waals surface area contributed by atoms with Crippen LogP contribution >= 0.6 is 0 Å². The number of hydrogen-bond donors (Lipinski definition) is 1. The standard InChI is InChI=1S/C20H21N3O4/c24-18(15-4-3-7-21-13-15)12-20(26)16-5-1-2-6-17(16)23(19(20)25)14-22-8-10-27-11-9-22/h1-7,13,26H,8-12,14H2/t20-/m0/s1. The van der Waals surface area contributed by atoms with Gasteiger partial charge in [0.25, 0.3) is 5.91 Å². The SMILES string of the molecule is O=C(C[C@@]1(O)C(=O)N(CN2CCOCC2)c2ccccc21)c1cccnc1. The normalized spacial score (nSPS) is 22.7. The van der Waals surface area contributed by atoms with E-state index in [1.165, 1.54) is 6.20 Å². The minimum absolute atomic E-state index is 0.311. The number of anilines is 1. The van der Waals surface area contributed by atoms with Gasteiger partial charge in [0, 0.05) is 36.6 Å². The lowest BCUT2D eigenvalue weighted by atomic mass is 9.88. The van der Waals surface area contributed by atoms with Crippen molar-refractivity contribution in [3.05, 3.63) is 59.9 Å². The van der Waals surface area contributed by atoms with Crippen LogP contribution in [-0.4, -0.2) is 59.7 Å². The average Bonchev–Trinajstić information content (AvgIpc) is 2.92. The summed E-state index contributed by atoms with van der Waals surface area (Å²) in [6.45, 7) is 3.04. The lowest BCUT2D eigenvalue weighted by molar-refractivity contribution is -0.136. The molecule has 0 unspecified atom stereocenters. The van der Waals surface area contributed by atoms with E-state index >= 15 is 0 Å². The molecule has 0 saturated carbocycles. The van der Waals surface area contributed by atoms with Gasteiger partial charge in [-0.15, -0.1) is 0 Å². The Morgan fingerprint density at radius 3 is 2.70 bits per heavy atom. The number of carbonyl (C=O) groups excluding carboxylic acids is 2. The Morgan fingerprint density at radius 2 is 1.96 bits per heavy atom. The number of nitrogens with zero attached hydrogens (tertiary/aromatic N) is 3. The van der Waals surface area contributed by atoms with Crippen LogP contribution in [0.5, 0.6) is 0 Å². The lowest BCUT2D eigenvalue weighted by Gasteiger charge is -2.31. The molecule has 3 heterocycles. The summed E-state index contributed by atoms with van der Waals surface area (Å²) in [4.78, 5) is 33.4. The highest BCUT2D eigenvalue weighted by molar-refractivity contribution is 6.10. The number of benzene rings is 1. The number of morpholine rings is 1. The molecule has 4 rings (SSSR count). The predicted octanol–water partition coefficient (Wildman–Crippen LogP) is 1.18. The van der Waals surface area contributed by atoms with Gasteiger partial charge >= 0.3 is 0 Å². The van der Waals surface area contributed by atoms with Crippen LogP contribution in [0.15, 0.2) is 48.8 Å². The number of amides is 1. The van der Waals surface area contributed by atoms with Crippen LogP contribution in [0.4, 0.5) is 5.69 Å². The third-order valence-electron chi connectivity index (χ3n) is 5.08. The minimum Gasteiger partial charge on any atom is -0.379 e. The second-order valence-electron chi connectivity index (χ2n) is 6.82. The van der Waals surface area contributed by atoms with E-state index < -0.39 is 11.5 Å². The molecular weight excluding hydrogens is 346 g/mol. The number of ether oxygens (including phenoxy) is 1. The molecule has 2 aliphatic heterocycles. The molecule has 27 heavy (non-hydrogen) atoms. The highest BCUT2D eigenvalue weighted by Gasteiger charge is 2.51. The van der Waals surface area contributed by atoms with Crippen molar-refractivity contribution in [2.45, 2.75) is 12.0 Å². The number of aromatic nitrogens is 1. The van der Waals surface area contributed by atoms with E-state index in [2.05, 4.69) is 9.88 Å². The number of Topliss-reactive ketones (excluding diaryl/α,β-unsaturated/α-hetero) is 1. The van der Waals surface area contributed by atoms with E-state index in [0.29, 0.717) is 36.7 Å². The van der Waals surface area contributed by atoms with Crippen LogP contribution in [0.3, 0.4) is 0 Å². The summed E-state index contributed by atoms with van der Waals surface area (Å²) >= 11 is 0. The summed E-state index contributed by atoms with van der Waals surface area (Å²) in [7, 11) is 0. The molecule has 7 heteroatoms. The molecule has 2 aromatic rings. The third kappa shape index (κ3) is 3.25. The van der Waals surface area contributed by atoms with Gasteiger partial charge in [-0.3, -0.25) is 24.4 Å². The van der Waals surface area contributed by atoms with Crippen LogP contribution in [0.2, 0.25) is 0 Å². The summed E-state index contributed by atoms with van der Waals surface area (Å²) in [6.07, 6.45) is 2.71. The smallest absolute Gasteiger partial charge is 0.265 e. The van der Waals surface area contributed by atoms with E-state index in [1.807, 2.05) is 6.07 Å². The molecule has 1 atom stereocenters. The van der Waals surface area contributed by atoms with Crippen molar-refractivity contribution in [1.82, 2.24) is 9.88 Å². The zero-order chi connectivity index (χ0) is 18.9. The number of hydrogen-bond acceptors (Lipinski definition) is 6. The summed E-state index contributed by atoms with van der Waals surface area (Å²) in [5.41, 5.74) is -0.366. The minimum atomic E-state index is -1.87. The predicted molar refractivity (Wildman–Crippen MR) is 98.3 cm³/mol. The Bertz CT molecular complexity index is 851. The first-order valence-electron chi connectivity index (χ1n) is 8.97. The van der Waals surface area contributed by atoms with Crippen molar-refractivity contribution in [3.63, 3.8) is 0 Å². The zero-order valence-electron chi connectivity index (χ0n) is 14.9. The van der Waals surface area contributed by atoms with Gasteiger partial charge in [0.05, 0.1) is 32.0 Å². The molecule has 140 valence electrons.